The van der Waals surface area contributed by atoms with Crippen molar-refractivity contribution in [2.75, 3.05) is 18.6 Å². The van der Waals surface area contributed by atoms with E-state index in [0.29, 0.717) is 16.8 Å². The Hall–Kier alpha value is -1.46. The third-order valence-corrected chi connectivity index (χ3v) is 5.60. The number of nitrogens with zero attached hydrogens (tertiary/aromatic N) is 3. The normalized spacial score (nSPS) is 31.0. The minimum Gasteiger partial charge on any atom is -0.450 e. The van der Waals surface area contributed by atoms with E-state index in [1.165, 1.54) is 17.2 Å². The van der Waals surface area contributed by atoms with Crippen molar-refractivity contribution in [2.24, 2.45) is 10.2 Å². The molecule has 0 radical (unpaired) electrons. The molecule has 2 aliphatic rings. The van der Waals surface area contributed by atoms with Gasteiger partial charge in [-0.25, -0.2) is 4.79 Å². The van der Waals surface area contributed by atoms with Gasteiger partial charge in [0.1, 0.15) is 23.8 Å². The van der Waals surface area contributed by atoms with Crippen molar-refractivity contribution in [1.82, 2.24) is 0 Å². The van der Waals surface area contributed by atoms with E-state index in [-0.39, 0.29) is 10.0 Å². The van der Waals surface area contributed by atoms with E-state index < -0.39 is 42.7 Å². The van der Waals surface area contributed by atoms with E-state index in [9.17, 15) is 20.1 Å². The largest absolute Gasteiger partial charge is 0.452 e. The van der Waals surface area contributed by atoms with Crippen LogP contribution in [0.15, 0.2) is 28.6 Å². The number of ether oxygens (including phenoxy) is 2. The number of anilines is 1. The van der Waals surface area contributed by atoms with Gasteiger partial charge in [0.25, 0.3) is 0 Å². The molecule has 1 unspecified atom stereocenters. The number of halogens is 3. The molecule has 3 N–H and O–H groups in total. The highest BCUT2D eigenvalue weighted by Crippen LogP contribution is 2.48. The number of hydrogen-bond donors (Lipinski definition) is 3. The summed E-state index contributed by atoms with van der Waals surface area (Å²) in [5.74, 6) is 0. The molecule has 0 bridgehead atoms. The van der Waals surface area contributed by atoms with Crippen LogP contribution >= 0.6 is 34.8 Å². The molecule has 0 aromatic heterocycles. The fourth-order valence-corrected chi connectivity index (χ4v) is 3.78. The van der Waals surface area contributed by atoms with Gasteiger partial charge in [-0.15, -0.1) is 0 Å². The van der Waals surface area contributed by atoms with Gasteiger partial charge in [-0.2, -0.15) is 5.11 Å². The lowest BCUT2D eigenvalue weighted by Crippen LogP contribution is -2.46. The molecule has 5 atom stereocenters. The van der Waals surface area contributed by atoms with Gasteiger partial charge < -0.3 is 29.7 Å². The average molecular weight is 453 g/mol. The molecule has 28 heavy (non-hydrogen) atoms. The van der Waals surface area contributed by atoms with Crippen LogP contribution in [-0.4, -0.2) is 65.2 Å². The first-order valence-electron chi connectivity index (χ1n) is 8.03. The monoisotopic (exact) mass is 451 g/mol. The van der Waals surface area contributed by atoms with E-state index in [1.54, 1.807) is 6.07 Å². The number of fused-ring (bicyclic) bond motifs is 1. The molecular weight excluding hydrogens is 437 g/mol. The fraction of sp³-hybridized carbons (Fsp3) is 0.438. The summed E-state index contributed by atoms with van der Waals surface area (Å²) in [6.07, 6.45) is -4.36. The molecule has 1 saturated heterocycles. The van der Waals surface area contributed by atoms with Crippen LogP contribution in [0.25, 0.3) is 5.57 Å². The summed E-state index contributed by atoms with van der Waals surface area (Å²) in [5, 5.41) is 37.3. The quantitative estimate of drug-likeness (QED) is 0.365. The van der Waals surface area contributed by atoms with E-state index >= 15 is 0 Å². The second kappa shape index (κ2) is 8.50. The number of carbonyl (C=O) groups excluding carboxylic acids is 1. The van der Waals surface area contributed by atoms with Gasteiger partial charge in [0.15, 0.2) is 6.23 Å². The fourth-order valence-electron chi connectivity index (χ4n) is 3.07. The van der Waals surface area contributed by atoms with Crippen LogP contribution in [0.3, 0.4) is 0 Å². The lowest BCUT2D eigenvalue weighted by Gasteiger charge is -2.31. The van der Waals surface area contributed by atoms with Gasteiger partial charge in [-0.1, -0.05) is 39.9 Å². The van der Waals surface area contributed by atoms with Crippen molar-refractivity contribution >= 4 is 52.2 Å². The van der Waals surface area contributed by atoms with Crippen molar-refractivity contribution in [2.45, 2.75) is 30.0 Å². The Bertz CT molecular complexity index is 836. The highest BCUT2D eigenvalue weighted by molar-refractivity contribution is 6.42. The van der Waals surface area contributed by atoms with Crippen LogP contribution in [0.5, 0.6) is 0 Å². The molecule has 1 aromatic rings. The summed E-state index contributed by atoms with van der Waals surface area (Å²) in [7, 11) is 1.16. The predicted octanol–water partition coefficient (Wildman–Crippen LogP) is 2.38. The third kappa shape index (κ3) is 3.71. The number of benzene rings is 1. The number of carbonyl (C=O) groups is 1. The standard InChI is InChI=1S/C16H16Cl3N3O6/c1-27-16(26)21-20-4-7-6-2-8(17)9(18)3-10(6)22(14(7)19)15-13(25)12(24)11(5-23)28-15/h2-4,11-15,23-25H,5H2,1H3/t11-,12-,13-,14?,15-/m1/s1. The molecule has 0 saturated carbocycles. The second-order valence-corrected chi connectivity index (χ2v) is 7.25. The molecule has 3 rings (SSSR count). The summed E-state index contributed by atoms with van der Waals surface area (Å²) < 4.78 is 9.97. The summed E-state index contributed by atoms with van der Waals surface area (Å²) in [6, 6.07) is 3.08. The molecular formula is C16H16Cl3N3O6. The maximum absolute atomic E-state index is 11.1. The third-order valence-electron chi connectivity index (χ3n) is 4.43. The van der Waals surface area contributed by atoms with Crippen molar-refractivity contribution in [3.63, 3.8) is 0 Å². The van der Waals surface area contributed by atoms with Crippen LogP contribution < -0.4 is 4.90 Å². The molecule has 1 amide bonds. The zero-order valence-corrected chi connectivity index (χ0v) is 16.6. The van der Waals surface area contributed by atoms with Gasteiger partial charge in [0.2, 0.25) is 0 Å². The van der Waals surface area contributed by atoms with Crippen molar-refractivity contribution in [3.8, 4) is 0 Å². The lowest BCUT2D eigenvalue weighted by molar-refractivity contribution is -0.0221. The Morgan fingerprint density at radius 3 is 2.61 bits per heavy atom. The van der Waals surface area contributed by atoms with E-state index in [4.69, 9.17) is 39.5 Å². The van der Waals surface area contributed by atoms with Crippen LogP contribution in [0.4, 0.5) is 10.5 Å². The first-order valence-corrected chi connectivity index (χ1v) is 9.22. The SMILES string of the molecule is COC(=O)N=NC=C1c2cc(Cl)c(Cl)cc2N([C@@H]2O[C@H](CO)[C@@H](O)[C@H]2O)C1Cl. The topological polar surface area (TPSA) is 124 Å². The molecule has 0 aliphatic carbocycles. The number of alkyl halides is 1. The first kappa shape index (κ1) is 21.3. The maximum Gasteiger partial charge on any atom is 0.452 e. The summed E-state index contributed by atoms with van der Waals surface area (Å²) in [6.45, 7) is -0.486. The number of aliphatic hydroxyl groups excluding tert-OH is 3. The number of methoxy groups -OCH3 is 1. The Morgan fingerprint density at radius 2 is 2.00 bits per heavy atom. The highest BCUT2D eigenvalue weighted by Gasteiger charge is 2.50. The minimum absolute atomic E-state index is 0.235. The molecule has 9 nitrogen and oxygen atoms in total. The molecule has 0 spiro atoms. The molecule has 2 aliphatic heterocycles. The Balaban J connectivity index is 2.04. The number of aliphatic hydroxyl groups is 3. The molecule has 2 heterocycles. The number of azo groups is 1. The maximum atomic E-state index is 11.1. The summed E-state index contributed by atoms with van der Waals surface area (Å²) >= 11 is 18.8. The van der Waals surface area contributed by atoms with E-state index in [0.717, 1.165) is 7.11 Å². The Labute approximate surface area is 174 Å². The second-order valence-electron chi connectivity index (χ2n) is 6.03. The molecule has 12 heteroatoms. The molecule has 152 valence electrons. The zero-order valence-electron chi connectivity index (χ0n) is 14.4. The first-order chi connectivity index (χ1) is 13.3. The van der Waals surface area contributed by atoms with Gasteiger partial charge in [-0.05, 0) is 12.1 Å². The lowest BCUT2D eigenvalue weighted by atomic mass is 10.1. The minimum atomic E-state index is -1.35. The predicted molar refractivity (Wildman–Crippen MR) is 102 cm³/mol. The number of amides is 1. The average Bonchev–Trinajstić information content (AvgIpc) is 3.09. The van der Waals surface area contributed by atoms with Gasteiger partial charge in [0, 0.05) is 16.8 Å². The Morgan fingerprint density at radius 1 is 1.32 bits per heavy atom. The molecule has 1 fully saturated rings. The zero-order chi connectivity index (χ0) is 20.6. The summed E-state index contributed by atoms with van der Waals surface area (Å²) in [4.78, 5) is 12.6. The van der Waals surface area contributed by atoms with Crippen molar-refractivity contribution < 1.29 is 29.6 Å². The van der Waals surface area contributed by atoms with Crippen LogP contribution in [-0.2, 0) is 9.47 Å². The highest BCUT2D eigenvalue weighted by atomic mass is 35.5. The van der Waals surface area contributed by atoms with E-state index in [2.05, 4.69) is 15.0 Å². The smallest absolute Gasteiger partial charge is 0.450 e. The van der Waals surface area contributed by atoms with Gasteiger partial charge in [-0.3, -0.25) is 0 Å². The van der Waals surface area contributed by atoms with Gasteiger partial charge >= 0.3 is 6.09 Å². The number of rotatable bonds is 3. The van der Waals surface area contributed by atoms with Crippen LogP contribution in [0.2, 0.25) is 10.0 Å². The van der Waals surface area contributed by atoms with Crippen molar-refractivity contribution in [3.05, 3.63) is 33.9 Å². The van der Waals surface area contributed by atoms with Gasteiger partial charge in [0.05, 0.1) is 30.0 Å². The Kier molecular flexibility index (Phi) is 6.45. The van der Waals surface area contributed by atoms with E-state index in [1.807, 2.05) is 0 Å². The van der Waals surface area contributed by atoms with Crippen LogP contribution in [0.1, 0.15) is 5.56 Å². The molecule has 1 aromatic carbocycles. The summed E-state index contributed by atoms with van der Waals surface area (Å²) in [5.41, 5.74) is 0.464. The van der Waals surface area contributed by atoms with Crippen molar-refractivity contribution in [1.29, 1.82) is 0 Å². The number of hydrogen-bond acceptors (Lipinski definition) is 8. The van der Waals surface area contributed by atoms with Crippen LogP contribution in [0, 0.1) is 0 Å².